The highest BCUT2D eigenvalue weighted by Gasteiger charge is 2.72. The molecule has 208 valence electrons. The summed E-state index contributed by atoms with van der Waals surface area (Å²) in [5.41, 5.74) is 3.18. The number of rotatable bonds is 5. The average molecular weight is 610 g/mol. The number of carbonyl (C=O) groups is 2. The molecule has 7 rings (SSSR count). The zero-order chi connectivity index (χ0) is 25.8. The molecule has 2 saturated carbocycles. The van der Waals surface area contributed by atoms with E-state index in [4.69, 9.17) is 16.3 Å². The Hall–Kier alpha value is -1.97. The Bertz CT molecular complexity index is 1470. The number of benzene rings is 1. The zero-order valence-corrected chi connectivity index (χ0v) is 25.3. The molecular formula is C28H31Cl3N4O3S. The van der Waals surface area contributed by atoms with Crippen molar-refractivity contribution in [3.8, 4) is 17.0 Å². The molecule has 4 aliphatic rings. The van der Waals surface area contributed by atoms with E-state index in [9.17, 15) is 9.59 Å². The minimum atomic E-state index is -0.210. The molecule has 2 aromatic heterocycles. The summed E-state index contributed by atoms with van der Waals surface area (Å²) < 4.78 is 7.63. The van der Waals surface area contributed by atoms with Crippen LogP contribution in [-0.4, -0.2) is 57.3 Å². The van der Waals surface area contributed by atoms with E-state index in [0.717, 1.165) is 50.6 Å². The summed E-state index contributed by atoms with van der Waals surface area (Å²) in [4.78, 5) is 39.7. The first kappa shape index (κ1) is 28.6. The number of aryl methyl sites for hydroxylation is 1. The van der Waals surface area contributed by atoms with Crippen LogP contribution < -0.4 is 4.74 Å². The van der Waals surface area contributed by atoms with Gasteiger partial charge in [0, 0.05) is 28.0 Å². The number of fused-ring (bicyclic) bond motifs is 4. The number of amides is 2. The number of hydrogen-bond acceptors (Lipinski definition) is 7. The number of ether oxygens (including phenoxy) is 1. The summed E-state index contributed by atoms with van der Waals surface area (Å²) >= 11 is 8.06. The first-order valence-corrected chi connectivity index (χ1v) is 14.1. The summed E-state index contributed by atoms with van der Waals surface area (Å²) in [5, 5.41) is 0.628. The number of imide groups is 1. The standard InChI is InChI=1S/C28H29ClN4O3S.2ClH/c1-13-5-15(29)8-17(24(13)36-20-7-14-6-19(20)32(4)10-14)23-25-18(30-12-31-23)9-16(37-25)11-33-26(34)21-22(27(33)35)28(21,2)3;;/h5,8-9,12,14,19-22H,6-7,10-11H2,1-4H3;2*1H/t14-,19+,20+,21?,22?;;/m0../s1. The highest BCUT2D eigenvalue weighted by Crippen LogP contribution is 2.63. The SMILES string of the molecule is Cc1cc(Cl)cc(-c2ncnc3cc(CN4C(=O)C5C(C4=O)C5(C)C)sc23)c1O[C@@H]1C[C@@H]2C[C@H]1N(C)C2.Cl.Cl. The Morgan fingerprint density at radius 3 is 2.49 bits per heavy atom. The van der Waals surface area contributed by atoms with Crippen molar-refractivity contribution < 1.29 is 14.3 Å². The van der Waals surface area contributed by atoms with E-state index >= 15 is 0 Å². The molecule has 39 heavy (non-hydrogen) atoms. The monoisotopic (exact) mass is 608 g/mol. The summed E-state index contributed by atoms with van der Waals surface area (Å²) in [6.07, 6.45) is 3.95. The molecule has 2 saturated heterocycles. The van der Waals surface area contributed by atoms with Gasteiger partial charge in [0.15, 0.2) is 0 Å². The molecule has 3 aromatic rings. The van der Waals surface area contributed by atoms with Gasteiger partial charge in [-0.25, -0.2) is 9.97 Å². The minimum Gasteiger partial charge on any atom is -0.488 e. The Morgan fingerprint density at radius 2 is 1.82 bits per heavy atom. The van der Waals surface area contributed by atoms with Crippen molar-refractivity contribution in [1.82, 2.24) is 19.8 Å². The maximum Gasteiger partial charge on any atom is 0.234 e. The van der Waals surface area contributed by atoms with Gasteiger partial charge in [-0.1, -0.05) is 25.4 Å². The molecule has 11 heteroatoms. The topological polar surface area (TPSA) is 75.6 Å². The second kappa shape index (κ2) is 9.84. The molecule has 0 spiro atoms. The second-order valence-electron chi connectivity index (χ2n) is 11.8. The zero-order valence-electron chi connectivity index (χ0n) is 22.1. The van der Waals surface area contributed by atoms with Gasteiger partial charge in [-0.3, -0.25) is 19.4 Å². The first-order chi connectivity index (χ1) is 17.6. The van der Waals surface area contributed by atoms with E-state index in [2.05, 4.69) is 21.9 Å². The third-order valence-electron chi connectivity index (χ3n) is 9.01. The molecule has 0 N–H and O–H groups in total. The molecule has 4 heterocycles. The van der Waals surface area contributed by atoms with Gasteiger partial charge in [0.1, 0.15) is 18.2 Å². The molecule has 4 fully saturated rings. The maximum atomic E-state index is 12.9. The molecule has 1 aromatic carbocycles. The number of hydrogen-bond donors (Lipinski definition) is 0. The Balaban J connectivity index is 0.00000154. The van der Waals surface area contributed by atoms with Gasteiger partial charge in [0.25, 0.3) is 0 Å². The van der Waals surface area contributed by atoms with E-state index in [1.807, 2.05) is 39.0 Å². The summed E-state index contributed by atoms with van der Waals surface area (Å²) in [7, 11) is 2.18. The van der Waals surface area contributed by atoms with Crippen LogP contribution in [-0.2, 0) is 16.1 Å². The molecule has 2 bridgehead atoms. The lowest BCUT2D eigenvalue weighted by molar-refractivity contribution is -0.143. The molecule has 2 amide bonds. The molecular weight excluding hydrogens is 579 g/mol. The maximum absolute atomic E-state index is 12.9. The highest BCUT2D eigenvalue weighted by atomic mass is 35.5. The smallest absolute Gasteiger partial charge is 0.234 e. The van der Waals surface area contributed by atoms with Gasteiger partial charge in [-0.2, -0.15) is 0 Å². The lowest BCUT2D eigenvalue weighted by Gasteiger charge is -2.31. The van der Waals surface area contributed by atoms with Gasteiger partial charge < -0.3 is 4.74 Å². The van der Waals surface area contributed by atoms with Gasteiger partial charge >= 0.3 is 0 Å². The van der Waals surface area contributed by atoms with Crippen LogP contribution >= 0.6 is 47.8 Å². The third-order valence-corrected chi connectivity index (χ3v) is 10.3. The van der Waals surface area contributed by atoms with E-state index in [1.54, 1.807) is 6.33 Å². The van der Waals surface area contributed by atoms with Crippen molar-refractivity contribution in [2.45, 2.75) is 52.3 Å². The number of aromatic nitrogens is 2. The summed E-state index contributed by atoms with van der Waals surface area (Å²) in [6.45, 7) is 7.44. The van der Waals surface area contributed by atoms with Crippen molar-refractivity contribution in [3.05, 3.63) is 40.0 Å². The summed E-state index contributed by atoms with van der Waals surface area (Å²) in [5.74, 6) is 1.04. The van der Waals surface area contributed by atoms with E-state index in [1.165, 1.54) is 22.7 Å². The van der Waals surface area contributed by atoms with Gasteiger partial charge in [-0.15, -0.1) is 36.2 Å². The van der Waals surface area contributed by atoms with Crippen LogP contribution in [0.3, 0.4) is 0 Å². The average Bonchev–Trinajstić information content (AvgIpc) is 3.33. The van der Waals surface area contributed by atoms with E-state index in [-0.39, 0.29) is 66.5 Å². The van der Waals surface area contributed by atoms with Crippen LogP contribution in [0.2, 0.25) is 5.02 Å². The van der Waals surface area contributed by atoms with Crippen LogP contribution in [0.4, 0.5) is 0 Å². The van der Waals surface area contributed by atoms with Crippen molar-refractivity contribution in [1.29, 1.82) is 0 Å². The molecule has 2 aliphatic heterocycles. The third kappa shape index (κ3) is 4.34. The molecule has 2 aliphatic carbocycles. The molecule has 2 unspecified atom stereocenters. The Labute approximate surface area is 249 Å². The number of nitrogens with zero attached hydrogens (tertiary/aromatic N) is 4. The normalized spacial score (nSPS) is 28.4. The van der Waals surface area contributed by atoms with Gasteiger partial charge in [0.05, 0.1) is 34.3 Å². The van der Waals surface area contributed by atoms with Crippen LogP contribution in [0.25, 0.3) is 21.5 Å². The van der Waals surface area contributed by atoms with Crippen molar-refractivity contribution in [3.63, 3.8) is 0 Å². The fraction of sp³-hybridized carbons (Fsp3) is 0.500. The number of likely N-dealkylation sites (tertiary alicyclic amines) is 2. The molecule has 7 nitrogen and oxygen atoms in total. The quantitative estimate of drug-likeness (QED) is 0.342. The number of thiophene rings is 1. The van der Waals surface area contributed by atoms with Crippen molar-refractivity contribution in [2.24, 2.45) is 23.2 Å². The molecule has 5 atom stereocenters. The minimum absolute atomic E-state index is 0. The highest BCUT2D eigenvalue weighted by molar-refractivity contribution is 7.19. The fourth-order valence-electron chi connectivity index (χ4n) is 7.06. The van der Waals surface area contributed by atoms with Crippen LogP contribution in [0.5, 0.6) is 5.75 Å². The van der Waals surface area contributed by atoms with Gasteiger partial charge in [0.2, 0.25) is 11.8 Å². The predicted molar refractivity (Wildman–Crippen MR) is 157 cm³/mol. The lowest BCUT2D eigenvalue weighted by atomic mass is 10.0. The lowest BCUT2D eigenvalue weighted by Crippen LogP contribution is -2.41. The van der Waals surface area contributed by atoms with Crippen LogP contribution in [0.1, 0.15) is 37.1 Å². The molecule has 0 radical (unpaired) electrons. The number of likely N-dealkylation sites (N-methyl/N-ethyl adjacent to an activating group) is 1. The van der Waals surface area contributed by atoms with Crippen molar-refractivity contribution >= 4 is 69.8 Å². The number of piperidine rings is 2. The van der Waals surface area contributed by atoms with Crippen LogP contribution in [0, 0.1) is 30.1 Å². The van der Waals surface area contributed by atoms with E-state index in [0.29, 0.717) is 17.0 Å². The Morgan fingerprint density at radius 1 is 1.10 bits per heavy atom. The van der Waals surface area contributed by atoms with Gasteiger partial charge in [-0.05, 0) is 61.9 Å². The number of carbonyl (C=O) groups excluding carboxylic acids is 2. The fourth-order valence-corrected chi connectivity index (χ4v) is 8.43. The predicted octanol–water partition coefficient (Wildman–Crippen LogP) is 5.78. The second-order valence-corrected chi connectivity index (χ2v) is 13.4. The largest absolute Gasteiger partial charge is 0.488 e. The Kier molecular flexibility index (Phi) is 7.20. The number of halogens is 3. The first-order valence-electron chi connectivity index (χ1n) is 12.9. The van der Waals surface area contributed by atoms with E-state index < -0.39 is 0 Å². The van der Waals surface area contributed by atoms with Crippen molar-refractivity contribution in [2.75, 3.05) is 13.6 Å². The van der Waals surface area contributed by atoms with Crippen LogP contribution in [0.15, 0.2) is 24.5 Å². The summed E-state index contributed by atoms with van der Waals surface area (Å²) in [6, 6.07) is 6.25.